The van der Waals surface area contributed by atoms with Crippen LogP contribution in [0.1, 0.15) is 69.9 Å². The van der Waals surface area contributed by atoms with Crippen molar-refractivity contribution >= 4 is 22.7 Å². The van der Waals surface area contributed by atoms with Crippen LogP contribution in [0.5, 0.6) is 0 Å². The number of carbonyl (C=O) groups excluding carboxylic acids is 1. The van der Waals surface area contributed by atoms with Crippen molar-refractivity contribution in [3.05, 3.63) is 53.5 Å². The lowest BCUT2D eigenvalue weighted by Gasteiger charge is -2.45. The van der Waals surface area contributed by atoms with E-state index in [9.17, 15) is 4.79 Å². The lowest BCUT2D eigenvalue weighted by atomic mass is 9.77. The lowest BCUT2D eigenvalue weighted by molar-refractivity contribution is 0.0446. The largest absolute Gasteiger partial charge is 0.443 e. The normalized spacial score (nSPS) is 22.1. The summed E-state index contributed by atoms with van der Waals surface area (Å²) in [6, 6.07) is 10.0. The molecule has 1 saturated carbocycles. The van der Waals surface area contributed by atoms with E-state index in [-0.39, 0.29) is 23.9 Å². The van der Waals surface area contributed by atoms with E-state index < -0.39 is 11.6 Å². The smallest absolute Gasteiger partial charge is 0.407 e. The summed E-state index contributed by atoms with van der Waals surface area (Å²) in [7, 11) is 0. The number of amides is 1. The minimum absolute atomic E-state index is 0.107. The molecular weight excluding hydrogens is 429 g/mol. The maximum absolute atomic E-state index is 15.7. The van der Waals surface area contributed by atoms with Crippen molar-refractivity contribution in [3.8, 4) is 11.1 Å². The predicted molar refractivity (Wildman–Crippen MR) is 135 cm³/mol. The van der Waals surface area contributed by atoms with Gasteiger partial charge in [0.25, 0.3) is 0 Å². The number of aromatic nitrogens is 1. The zero-order valence-corrected chi connectivity index (χ0v) is 20.4. The van der Waals surface area contributed by atoms with Crippen LogP contribution in [-0.4, -0.2) is 28.8 Å². The first-order chi connectivity index (χ1) is 16.3. The van der Waals surface area contributed by atoms with Crippen molar-refractivity contribution in [2.75, 3.05) is 5.32 Å². The van der Waals surface area contributed by atoms with Gasteiger partial charge in [-0.15, -0.1) is 0 Å². The number of hydrogen-bond donors (Lipinski definition) is 3. The number of anilines is 1. The quantitative estimate of drug-likeness (QED) is 0.391. The van der Waals surface area contributed by atoms with Gasteiger partial charge in [-0.2, -0.15) is 0 Å². The summed E-state index contributed by atoms with van der Waals surface area (Å²) in [6.45, 7) is 7.90. The van der Waals surface area contributed by atoms with E-state index in [4.69, 9.17) is 4.74 Å². The highest BCUT2D eigenvalue weighted by Gasteiger charge is 2.44. The molecule has 2 aliphatic rings. The third-order valence-corrected chi connectivity index (χ3v) is 7.67. The molecule has 180 valence electrons. The molecule has 6 heteroatoms. The van der Waals surface area contributed by atoms with E-state index >= 15 is 4.39 Å². The number of halogens is 1. The van der Waals surface area contributed by atoms with Crippen molar-refractivity contribution in [2.24, 2.45) is 0 Å². The van der Waals surface area contributed by atoms with Gasteiger partial charge in [0, 0.05) is 40.5 Å². The molecule has 1 aromatic heterocycles. The Balaban J connectivity index is 1.49. The Bertz CT molecular complexity index is 1230. The Morgan fingerprint density at radius 1 is 1.15 bits per heavy atom. The number of rotatable bonds is 3. The molecule has 1 amide bonds. The van der Waals surface area contributed by atoms with E-state index in [0.717, 1.165) is 53.4 Å². The summed E-state index contributed by atoms with van der Waals surface area (Å²) in [6.07, 6.45) is 6.64. The molecular formula is C28H34FN3O2. The van der Waals surface area contributed by atoms with Crippen molar-refractivity contribution in [1.82, 2.24) is 10.3 Å². The van der Waals surface area contributed by atoms with Crippen LogP contribution in [0.4, 0.5) is 14.9 Å². The Labute approximate surface area is 200 Å². The first kappa shape index (κ1) is 22.8. The summed E-state index contributed by atoms with van der Waals surface area (Å²) in [5.74, 6) is -0.338. The maximum atomic E-state index is 15.7. The molecule has 0 unspecified atom stereocenters. The van der Waals surface area contributed by atoms with Crippen LogP contribution in [0.15, 0.2) is 36.5 Å². The van der Waals surface area contributed by atoms with Gasteiger partial charge in [-0.25, -0.2) is 9.18 Å². The number of ether oxygens (including phenoxy) is 1. The van der Waals surface area contributed by atoms with Crippen molar-refractivity contribution in [1.29, 1.82) is 0 Å². The first-order valence-corrected chi connectivity index (χ1v) is 12.4. The van der Waals surface area contributed by atoms with Gasteiger partial charge < -0.3 is 20.4 Å². The molecule has 5 rings (SSSR count). The summed E-state index contributed by atoms with van der Waals surface area (Å²) in [4.78, 5) is 16.1. The average molecular weight is 464 g/mol. The van der Waals surface area contributed by atoms with Gasteiger partial charge in [-0.05, 0) is 56.7 Å². The number of fused-ring (bicyclic) bond motifs is 2. The molecule has 3 aromatic rings. The van der Waals surface area contributed by atoms with Gasteiger partial charge in [0.15, 0.2) is 0 Å². The van der Waals surface area contributed by atoms with Crippen LogP contribution in [0, 0.1) is 12.7 Å². The summed E-state index contributed by atoms with van der Waals surface area (Å²) < 4.78 is 21.7. The molecule has 2 heterocycles. The predicted octanol–water partition coefficient (Wildman–Crippen LogP) is 7.02. The van der Waals surface area contributed by atoms with Crippen molar-refractivity contribution in [3.63, 3.8) is 0 Å². The van der Waals surface area contributed by atoms with Gasteiger partial charge >= 0.3 is 6.09 Å². The summed E-state index contributed by atoms with van der Waals surface area (Å²) >= 11 is 0. The molecule has 5 nitrogen and oxygen atoms in total. The highest BCUT2D eigenvalue weighted by atomic mass is 19.1. The SMILES string of the molecule is Cc1c(F)c(-c2cccc3cc[nH]c23)cc2c1NC(C)(C)[C@H](OC(=O)NC1CCCCC1)[C@H]2C. The molecule has 1 aliphatic carbocycles. The minimum atomic E-state index is -0.547. The number of nitrogens with one attached hydrogen (secondary N) is 3. The molecule has 0 spiro atoms. The molecule has 0 radical (unpaired) electrons. The number of alkyl carbamates (subject to hydrolysis) is 1. The molecule has 1 fully saturated rings. The second kappa shape index (κ2) is 8.64. The van der Waals surface area contributed by atoms with Crippen LogP contribution in [0.25, 0.3) is 22.0 Å². The molecule has 3 N–H and O–H groups in total. The zero-order chi connectivity index (χ0) is 24.0. The minimum Gasteiger partial charge on any atom is -0.443 e. The zero-order valence-electron chi connectivity index (χ0n) is 20.4. The number of benzene rings is 2. The molecule has 0 saturated heterocycles. The molecule has 1 aliphatic heterocycles. The summed E-state index contributed by atoms with van der Waals surface area (Å²) in [5.41, 5.74) is 4.10. The third-order valence-electron chi connectivity index (χ3n) is 7.67. The monoisotopic (exact) mass is 463 g/mol. The van der Waals surface area contributed by atoms with Crippen LogP contribution >= 0.6 is 0 Å². The van der Waals surface area contributed by atoms with Crippen LogP contribution in [0.3, 0.4) is 0 Å². The fraction of sp³-hybridized carbons (Fsp3) is 0.464. The lowest BCUT2D eigenvalue weighted by Crippen LogP contribution is -2.53. The van der Waals surface area contributed by atoms with Crippen LogP contribution in [-0.2, 0) is 4.74 Å². The topological polar surface area (TPSA) is 66.1 Å². The van der Waals surface area contributed by atoms with Gasteiger partial charge in [-0.1, -0.05) is 44.4 Å². The standard InChI is InChI=1S/C28H34FN3O2/c1-16-21-15-22(20-12-8-9-18-13-14-30-25(18)20)23(29)17(2)24(21)32-28(3,4)26(16)34-27(33)31-19-10-6-5-7-11-19/h8-9,12-16,19,26,30,32H,5-7,10-11H2,1-4H3,(H,31,33)/t16-,26+/m0/s1. The van der Waals surface area contributed by atoms with Crippen LogP contribution in [0.2, 0.25) is 0 Å². The Hall–Kier alpha value is -3.02. The van der Waals surface area contributed by atoms with E-state index in [0.29, 0.717) is 11.1 Å². The second-order valence-electron chi connectivity index (χ2n) is 10.5. The number of aromatic amines is 1. The maximum Gasteiger partial charge on any atom is 0.407 e. The molecule has 2 aromatic carbocycles. The number of hydrogen-bond acceptors (Lipinski definition) is 3. The van der Waals surface area contributed by atoms with E-state index in [1.165, 1.54) is 6.42 Å². The van der Waals surface area contributed by atoms with E-state index in [1.54, 1.807) is 0 Å². The highest BCUT2D eigenvalue weighted by Crippen LogP contribution is 2.46. The average Bonchev–Trinajstić information content (AvgIpc) is 3.29. The van der Waals surface area contributed by atoms with E-state index in [1.807, 2.05) is 57.3 Å². The third kappa shape index (κ3) is 3.93. The number of carbonyl (C=O) groups is 1. The molecule has 34 heavy (non-hydrogen) atoms. The second-order valence-corrected chi connectivity index (χ2v) is 10.5. The Morgan fingerprint density at radius 3 is 2.68 bits per heavy atom. The van der Waals surface area contributed by atoms with Gasteiger partial charge in [0.05, 0.1) is 11.1 Å². The Kier molecular flexibility index (Phi) is 5.78. The number of H-pyrrole nitrogens is 1. The summed E-state index contributed by atoms with van der Waals surface area (Å²) in [5, 5.41) is 7.60. The molecule has 2 atom stereocenters. The number of para-hydroxylation sites is 1. The fourth-order valence-corrected chi connectivity index (χ4v) is 5.84. The van der Waals surface area contributed by atoms with Gasteiger partial charge in [0.1, 0.15) is 11.9 Å². The van der Waals surface area contributed by atoms with Gasteiger partial charge in [-0.3, -0.25) is 0 Å². The fourth-order valence-electron chi connectivity index (χ4n) is 5.84. The highest BCUT2D eigenvalue weighted by molar-refractivity contribution is 5.95. The van der Waals surface area contributed by atoms with E-state index in [2.05, 4.69) is 22.5 Å². The van der Waals surface area contributed by atoms with Crippen LogP contribution < -0.4 is 10.6 Å². The Morgan fingerprint density at radius 2 is 1.91 bits per heavy atom. The first-order valence-electron chi connectivity index (χ1n) is 12.4. The molecule has 0 bridgehead atoms. The van der Waals surface area contributed by atoms with Gasteiger partial charge in [0.2, 0.25) is 0 Å². The van der Waals surface area contributed by atoms with Crippen molar-refractivity contribution < 1.29 is 13.9 Å². The van der Waals surface area contributed by atoms with Crippen molar-refractivity contribution in [2.45, 2.75) is 83.4 Å².